The van der Waals surface area contributed by atoms with Crippen LogP contribution < -0.4 is 14.2 Å². The van der Waals surface area contributed by atoms with Crippen LogP contribution in [0.25, 0.3) is 6.08 Å². The molecule has 0 aliphatic heterocycles. The van der Waals surface area contributed by atoms with Gasteiger partial charge in [0.15, 0.2) is 11.5 Å². The summed E-state index contributed by atoms with van der Waals surface area (Å²) < 4.78 is 22.5. The largest absolute Gasteiger partial charge is 0.493 e. The first-order valence-electron chi connectivity index (χ1n) is 9.38. The first-order valence-corrected chi connectivity index (χ1v) is 9.38. The molecule has 4 nitrogen and oxygen atoms in total. The molecule has 0 aromatic heterocycles. The van der Waals surface area contributed by atoms with E-state index in [4.69, 9.17) is 18.9 Å². The van der Waals surface area contributed by atoms with Gasteiger partial charge in [-0.2, -0.15) is 0 Å². The van der Waals surface area contributed by atoms with Crippen LogP contribution in [-0.2, 0) is 4.74 Å². The Bertz CT molecular complexity index is 722. The van der Waals surface area contributed by atoms with E-state index in [-0.39, 0.29) is 0 Å². The van der Waals surface area contributed by atoms with Crippen LogP contribution in [0, 0.1) is 0 Å². The lowest BCUT2D eigenvalue weighted by Gasteiger charge is -2.12. The molecule has 0 atom stereocenters. The monoisotopic (exact) mass is 370 g/mol. The topological polar surface area (TPSA) is 36.9 Å². The highest BCUT2D eigenvalue weighted by Gasteiger charge is 2.05. The van der Waals surface area contributed by atoms with E-state index in [9.17, 15) is 0 Å². The Morgan fingerprint density at radius 1 is 0.889 bits per heavy atom. The Morgan fingerprint density at radius 3 is 2.37 bits per heavy atom. The van der Waals surface area contributed by atoms with Gasteiger partial charge < -0.3 is 18.9 Å². The molecule has 0 N–H and O–H groups in total. The van der Waals surface area contributed by atoms with Crippen molar-refractivity contribution in [2.75, 3.05) is 33.5 Å². The van der Waals surface area contributed by atoms with Gasteiger partial charge in [0.05, 0.1) is 20.3 Å². The van der Waals surface area contributed by atoms with E-state index in [1.54, 1.807) is 7.11 Å². The summed E-state index contributed by atoms with van der Waals surface area (Å²) in [5.41, 5.74) is 2.35. The smallest absolute Gasteiger partial charge is 0.161 e. The third-order valence-electron chi connectivity index (χ3n) is 4.05. The van der Waals surface area contributed by atoms with E-state index >= 15 is 0 Å². The Kier molecular flexibility index (Phi) is 8.72. The summed E-state index contributed by atoms with van der Waals surface area (Å²) in [6, 6.07) is 14.1. The maximum atomic E-state index is 5.75. The minimum absolute atomic E-state index is 0.460. The van der Waals surface area contributed by atoms with E-state index in [1.165, 1.54) is 5.56 Å². The number of allylic oxidation sites excluding steroid dienone is 1. The number of rotatable bonds is 11. The fourth-order valence-corrected chi connectivity index (χ4v) is 2.59. The van der Waals surface area contributed by atoms with E-state index in [0.717, 1.165) is 22.8 Å². The molecular formula is C23H30O4. The number of methoxy groups -OCH3 is 1. The molecule has 0 spiro atoms. The molecule has 0 aliphatic carbocycles. The first-order chi connectivity index (χ1) is 13.1. The van der Waals surface area contributed by atoms with Gasteiger partial charge in [0.2, 0.25) is 0 Å². The predicted molar refractivity (Wildman–Crippen MR) is 110 cm³/mol. The van der Waals surface area contributed by atoms with Gasteiger partial charge in [-0.05, 0) is 48.2 Å². The molecule has 2 rings (SSSR count). The van der Waals surface area contributed by atoms with Crippen LogP contribution in [0.15, 0.2) is 48.5 Å². The Balaban J connectivity index is 1.67. The van der Waals surface area contributed by atoms with Gasteiger partial charge in [0, 0.05) is 0 Å². The van der Waals surface area contributed by atoms with Gasteiger partial charge >= 0.3 is 0 Å². The number of benzene rings is 2. The lowest BCUT2D eigenvalue weighted by molar-refractivity contribution is 0.0757. The second-order valence-corrected chi connectivity index (χ2v) is 6.45. The van der Waals surface area contributed by atoms with Crippen LogP contribution in [0.1, 0.15) is 37.8 Å². The first kappa shape index (κ1) is 20.8. The molecule has 0 unspecified atom stereocenters. The summed E-state index contributed by atoms with van der Waals surface area (Å²) in [6.45, 7) is 8.32. The fourth-order valence-electron chi connectivity index (χ4n) is 2.59. The molecule has 0 bridgehead atoms. The van der Waals surface area contributed by atoms with Crippen molar-refractivity contribution in [3.63, 3.8) is 0 Å². The second kappa shape index (κ2) is 11.3. The summed E-state index contributed by atoms with van der Waals surface area (Å²) in [6.07, 6.45) is 4.01. The van der Waals surface area contributed by atoms with Crippen molar-refractivity contribution >= 4 is 6.08 Å². The highest BCUT2D eigenvalue weighted by atomic mass is 16.6. The highest BCUT2D eigenvalue weighted by molar-refractivity contribution is 5.55. The van der Waals surface area contributed by atoms with Crippen molar-refractivity contribution in [2.24, 2.45) is 0 Å². The van der Waals surface area contributed by atoms with Crippen molar-refractivity contribution in [3.8, 4) is 17.2 Å². The van der Waals surface area contributed by atoms with Crippen molar-refractivity contribution in [3.05, 3.63) is 59.7 Å². The average molecular weight is 370 g/mol. The Morgan fingerprint density at radius 2 is 1.67 bits per heavy atom. The van der Waals surface area contributed by atoms with Crippen LogP contribution in [0.2, 0.25) is 0 Å². The number of hydrogen-bond acceptors (Lipinski definition) is 4. The van der Waals surface area contributed by atoms with Crippen molar-refractivity contribution < 1.29 is 18.9 Å². The summed E-state index contributed by atoms with van der Waals surface area (Å²) in [7, 11) is 1.64. The molecule has 4 heteroatoms. The Labute approximate surface area is 162 Å². The normalized spacial score (nSPS) is 11.1. The van der Waals surface area contributed by atoms with Crippen LogP contribution in [0.3, 0.4) is 0 Å². The molecule has 146 valence electrons. The van der Waals surface area contributed by atoms with E-state index in [2.05, 4.69) is 26.0 Å². The van der Waals surface area contributed by atoms with Crippen LogP contribution in [0.5, 0.6) is 17.2 Å². The van der Waals surface area contributed by atoms with Crippen molar-refractivity contribution in [1.82, 2.24) is 0 Å². The maximum Gasteiger partial charge on any atom is 0.161 e. The van der Waals surface area contributed by atoms with Gasteiger partial charge in [-0.1, -0.05) is 44.2 Å². The van der Waals surface area contributed by atoms with Crippen LogP contribution in [0.4, 0.5) is 0 Å². The summed E-state index contributed by atoms with van der Waals surface area (Å²) >= 11 is 0. The van der Waals surface area contributed by atoms with Crippen molar-refractivity contribution in [1.29, 1.82) is 0 Å². The molecule has 2 aromatic rings. The zero-order valence-electron chi connectivity index (χ0n) is 16.7. The fraction of sp³-hybridized carbons (Fsp3) is 0.391. The third kappa shape index (κ3) is 6.99. The van der Waals surface area contributed by atoms with Crippen LogP contribution >= 0.6 is 0 Å². The molecule has 0 radical (unpaired) electrons. The van der Waals surface area contributed by atoms with Gasteiger partial charge in [-0.25, -0.2) is 0 Å². The third-order valence-corrected chi connectivity index (χ3v) is 4.05. The zero-order chi connectivity index (χ0) is 19.5. The lowest BCUT2D eigenvalue weighted by atomic mass is 10.0. The second-order valence-electron chi connectivity index (χ2n) is 6.45. The van der Waals surface area contributed by atoms with E-state index in [1.807, 2.05) is 49.4 Å². The summed E-state index contributed by atoms with van der Waals surface area (Å²) in [5, 5.41) is 0. The van der Waals surface area contributed by atoms with E-state index < -0.39 is 0 Å². The van der Waals surface area contributed by atoms with Gasteiger partial charge in [0.1, 0.15) is 19.0 Å². The molecule has 0 aliphatic rings. The average Bonchev–Trinajstić information content (AvgIpc) is 2.68. The summed E-state index contributed by atoms with van der Waals surface area (Å²) in [4.78, 5) is 0. The molecular weight excluding hydrogens is 340 g/mol. The minimum atomic E-state index is 0.460. The molecule has 2 aromatic carbocycles. The van der Waals surface area contributed by atoms with E-state index in [0.29, 0.717) is 32.3 Å². The summed E-state index contributed by atoms with van der Waals surface area (Å²) in [5.74, 6) is 2.81. The predicted octanol–water partition coefficient (Wildman–Crippen LogP) is 5.33. The van der Waals surface area contributed by atoms with Crippen molar-refractivity contribution in [2.45, 2.75) is 26.7 Å². The molecule has 0 saturated carbocycles. The SMILES string of the molecule is C/C=C/c1ccc(OCCOCCOc2cccc(C(C)C)c2)c(OC)c1. The van der Waals surface area contributed by atoms with Gasteiger partial charge in [0.25, 0.3) is 0 Å². The number of hydrogen-bond donors (Lipinski definition) is 0. The molecule has 0 heterocycles. The Hall–Kier alpha value is -2.46. The lowest BCUT2D eigenvalue weighted by Crippen LogP contribution is -2.12. The standard InChI is InChI=1S/C23H30O4/c1-5-7-19-10-11-22(23(16-19)24-4)27-15-13-25-12-14-26-21-9-6-8-20(17-21)18(2)3/h5-11,16-18H,12-15H2,1-4H3/b7-5+. The maximum absolute atomic E-state index is 5.75. The zero-order valence-corrected chi connectivity index (χ0v) is 16.7. The van der Waals surface area contributed by atoms with Gasteiger partial charge in [-0.15, -0.1) is 0 Å². The van der Waals surface area contributed by atoms with Gasteiger partial charge in [-0.3, -0.25) is 0 Å². The van der Waals surface area contributed by atoms with Crippen LogP contribution in [-0.4, -0.2) is 33.5 Å². The molecule has 0 saturated heterocycles. The minimum Gasteiger partial charge on any atom is -0.493 e. The quantitative estimate of drug-likeness (QED) is 0.501. The number of ether oxygens (including phenoxy) is 4. The molecule has 0 amide bonds. The molecule has 0 fully saturated rings. The highest BCUT2D eigenvalue weighted by Crippen LogP contribution is 2.28. The molecule has 27 heavy (non-hydrogen) atoms.